The largest absolute Gasteiger partial charge is 0.417 e. The third-order valence-electron chi connectivity index (χ3n) is 2.57. The van der Waals surface area contributed by atoms with Crippen LogP contribution in [0.4, 0.5) is 13.2 Å². The maximum absolute atomic E-state index is 12.9. The Hall–Kier alpha value is -1.37. The molecule has 0 spiro atoms. The van der Waals surface area contributed by atoms with Crippen LogP contribution in [0.1, 0.15) is 21.5 Å². The fraction of sp³-hybridized carbons (Fsp3) is 0.0714. The highest BCUT2D eigenvalue weighted by molar-refractivity contribution is 14.1. The van der Waals surface area contributed by atoms with Gasteiger partial charge in [0.05, 0.1) is 5.56 Å². The van der Waals surface area contributed by atoms with Crippen molar-refractivity contribution in [3.8, 4) is 0 Å². The van der Waals surface area contributed by atoms with Crippen LogP contribution in [0.3, 0.4) is 0 Å². The SMILES string of the molecule is O=C(c1ccccc1)c1cc(I)ccc1C(F)(F)F. The van der Waals surface area contributed by atoms with Gasteiger partial charge in [0.2, 0.25) is 0 Å². The summed E-state index contributed by atoms with van der Waals surface area (Å²) < 4.78 is 39.3. The Morgan fingerprint density at radius 2 is 1.63 bits per heavy atom. The van der Waals surface area contributed by atoms with E-state index in [0.29, 0.717) is 3.57 Å². The van der Waals surface area contributed by atoms with E-state index in [1.165, 1.54) is 24.3 Å². The molecule has 0 saturated carbocycles. The molecule has 1 nitrogen and oxygen atoms in total. The van der Waals surface area contributed by atoms with Crippen LogP contribution >= 0.6 is 22.6 Å². The fourth-order valence-corrected chi connectivity index (χ4v) is 2.19. The summed E-state index contributed by atoms with van der Waals surface area (Å²) in [7, 11) is 0. The Morgan fingerprint density at radius 3 is 2.21 bits per heavy atom. The molecule has 0 radical (unpaired) electrons. The molecule has 5 heteroatoms. The Kier molecular flexibility index (Phi) is 3.93. The Labute approximate surface area is 121 Å². The normalized spacial score (nSPS) is 11.4. The molecule has 98 valence electrons. The molecule has 0 aliphatic rings. The molecule has 0 saturated heterocycles. The average molecular weight is 376 g/mol. The molecule has 0 atom stereocenters. The van der Waals surface area contributed by atoms with Gasteiger partial charge in [-0.1, -0.05) is 30.3 Å². The van der Waals surface area contributed by atoms with Crippen molar-refractivity contribution in [3.63, 3.8) is 0 Å². The van der Waals surface area contributed by atoms with Crippen LogP contribution in [0.2, 0.25) is 0 Å². The van der Waals surface area contributed by atoms with Gasteiger partial charge in [-0.3, -0.25) is 4.79 Å². The van der Waals surface area contributed by atoms with Crippen LogP contribution in [0, 0.1) is 3.57 Å². The van der Waals surface area contributed by atoms with Crippen LogP contribution in [-0.4, -0.2) is 5.78 Å². The highest BCUT2D eigenvalue weighted by Crippen LogP contribution is 2.33. The second-order valence-electron chi connectivity index (χ2n) is 3.88. The quantitative estimate of drug-likeness (QED) is 0.556. The lowest BCUT2D eigenvalue weighted by molar-refractivity contribution is -0.137. The van der Waals surface area contributed by atoms with Crippen LogP contribution in [0.25, 0.3) is 0 Å². The summed E-state index contributed by atoms with van der Waals surface area (Å²) in [5.74, 6) is -0.619. The Bertz CT molecular complexity index is 606. The first-order valence-electron chi connectivity index (χ1n) is 5.36. The van der Waals surface area contributed by atoms with Gasteiger partial charge < -0.3 is 0 Å². The van der Waals surface area contributed by atoms with E-state index >= 15 is 0 Å². The van der Waals surface area contributed by atoms with Crippen molar-refractivity contribution in [2.24, 2.45) is 0 Å². The maximum Gasteiger partial charge on any atom is 0.417 e. The number of hydrogen-bond donors (Lipinski definition) is 0. The zero-order valence-electron chi connectivity index (χ0n) is 9.54. The van der Waals surface area contributed by atoms with Crippen molar-refractivity contribution in [2.45, 2.75) is 6.18 Å². The molecule has 0 heterocycles. The number of carbonyl (C=O) groups excluding carboxylic acids is 1. The standard InChI is InChI=1S/C14H8F3IO/c15-14(16,17)12-7-6-10(18)8-11(12)13(19)9-4-2-1-3-5-9/h1-8H. The van der Waals surface area contributed by atoms with Gasteiger partial charge in [-0.15, -0.1) is 0 Å². The molecular weight excluding hydrogens is 368 g/mol. The van der Waals surface area contributed by atoms with Crippen LogP contribution in [0.15, 0.2) is 48.5 Å². The molecule has 0 N–H and O–H groups in total. The lowest BCUT2D eigenvalue weighted by Crippen LogP contribution is -2.14. The summed E-state index contributed by atoms with van der Waals surface area (Å²) in [6, 6.07) is 11.5. The first-order chi connectivity index (χ1) is 8.89. The van der Waals surface area contributed by atoms with Crippen molar-refractivity contribution in [1.82, 2.24) is 0 Å². The highest BCUT2D eigenvalue weighted by Gasteiger charge is 2.35. The monoisotopic (exact) mass is 376 g/mol. The van der Waals surface area contributed by atoms with Gasteiger partial charge in [-0.25, -0.2) is 0 Å². The minimum Gasteiger partial charge on any atom is -0.289 e. The van der Waals surface area contributed by atoms with Crippen molar-refractivity contribution in [2.75, 3.05) is 0 Å². The fourth-order valence-electron chi connectivity index (χ4n) is 1.70. The number of hydrogen-bond acceptors (Lipinski definition) is 1. The predicted molar refractivity (Wildman–Crippen MR) is 74.0 cm³/mol. The van der Waals surface area contributed by atoms with Gasteiger partial charge in [-0.05, 0) is 40.8 Å². The van der Waals surface area contributed by atoms with E-state index in [0.717, 1.165) is 6.07 Å². The first kappa shape index (κ1) is 14.0. The first-order valence-corrected chi connectivity index (χ1v) is 6.44. The molecule has 19 heavy (non-hydrogen) atoms. The second kappa shape index (κ2) is 5.32. The van der Waals surface area contributed by atoms with Crippen LogP contribution in [-0.2, 0) is 6.18 Å². The zero-order valence-corrected chi connectivity index (χ0v) is 11.7. The summed E-state index contributed by atoms with van der Waals surface area (Å²) in [5, 5.41) is 0. The Morgan fingerprint density at radius 1 is 1.00 bits per heavy atom. The summed E-state index contributed by atoms with van der Waals surface area (Å²) in [6.45, 7) is 0. The predicted octanol–water partition coefficient (Wildman–Crippen LogP) is 4.54. The Balaban J connectivity index is 2.56. The summed E-state index contributed by atoms with van der Waals surface area (Å²) in [5.41, 5.74) is -0.970. The number of benzene rings is 2. The summed E-state index contributed by atoms with van der Waals surface area (Å²) >= 11 is 1.88. The van der Waals surface area contributed by atoms with E-state index in [2.05, 4.69) is 0 Å². The second-order valence-corrected chi connectivity index (χ2v) is 5.13. The van der Waals surface area contributed by atoms with Gasteiger partial charge in [0, 0.05) is 14.7 Å². The number of carbonyl (C=O) groups is 1. The molecule has 0 aliphatic carbocycles. The maximum atomic E-state index is 12.9. The lowest BCUT2D eigenvalue weighted by Gasteiger charge is -2.12. The van der Waals surface area contributed by atoms with E-state index in [9.17, 15) is 18.0 Å². The van der Waals surface area contributed by atoms with E-state index in [4.69, 9.17) is 0 Å². The molecule has 0 amide bonds. The molecule has 0 aromatic heterocycles. The van der Waals surface area contributed by atoms with Crippen molar-refractivity contribution >= 4 is 28.4 Å². The molecule has 0 bridgehead atoms. The van der Waals surface area contributed by atoms with Gasteiger partial charge in [0.25, 0.3) is 0 Å². The molecule has 0 aliphatic heterocycles. The molecule has 2 aromatic carbocycles. The molecular formula is C14H8F3IO. The number of rotatable bonds is 2. The van der Waals surface area contributed by atoms with E-state index in [1.807, 2.05) is 22.6 Å². The topological polar surface area (TPSA) is 17.1 Å². The molecule has 0 unspecified atom stereocenters. The van der Waals surface area contributed by atoms with Gasteiger partial charge in [0.1, 0.15) is 0 Å². The number of ketones is 1. The third-order valence-corrected chi connectivity index (χ3v) is 3.24. The lowest BCUT2D eigenvalue weighted by atomic mass is 9.98. The zero-order chi connectivity index (χ0) is 14.0. The molecule has 2 rings (SSSR count). The molecule has 2 aromatic rings. The molecule has 0 fully saturated rings. The summed E-state index contributed by atoms with van der Waals surface area (Å²) in [6.07, 6.45) is -4.54. The minimum absolute atomic E-state index is 0.245. The van der Waals surface area contributed by atoms with E-state index in [1.54, 1.807) is 18.2 Å². The number of alkyl halides is 3. The van der Waals surface area contributed by atoms with Gasteiger partial charge in [-0.2, -0.15) is 13.2 Å². The summed E-state index contributed by atoms with van der Waals surface area (Å²) in [4.78, 5) is 12.2. The van der Waals surface area contributed by atoms with Gasteiger partial charge >= 0.3 is 6.18 Å². The smallest absolute Gasteiger partial charge is 0.289 e. The van der Waals surface area contributed by atoms with E-state index < -0.39 is 17.5 Å². The van der Waals surface area contributed by atoms with Crippen LogP contribution in [0.5, 0.6) is 0 Å². The van der Waals surface area contributed by atoms with Crippen molar-refractivity contribution in [1.29, 1.82) is 0 Å². The average Bonchev–Trinajstić information content (AvgIpc) is 2.37. The number of halogens is 4. The highest BCUT2D eigenvalue weighted by atomic mass is 127. The van der Waals surface area contributed by atoms with Crippen LogP contribution < -0.4 is 0 Å². The van der Waals surface area contributed by atoms with E-state index in [-0.39, 0.29) is 11.1 Å². The minimum atomic E-state index is -4.54. The van der Waals surface area contributed by atoms with Crippen molar-refractivity contribution in [3.05, 3.63) is 68.8 Å². The van der Waals surface area contributed by atoms with Gasteiger partial charge in [0.15, 0.2) is 5.78 Å². The van der Waals surface area contributed by atoms with Crippen molar-refractivity contribution < 1.29 is 18.0 Å². The third kappa shape index (κ3) is 3.15.